The van der Waals surface area contributed by atoms with E-state index in [0.717, 1.165) is 37.7 Å². The van der Waals surface area contributed by atoms with E-state index in [1.807, 2.05) is 18.2 Å². The molecule has 13 heteroatoms. The number of benzene rings is 2. The van der Waals surface area contributed by atoms with E-state index in [4.69, 9.17) is 25.4 Å². The average Bonchev–Trinajstić information content (AvgIpc) is 3.05. The standard InChI is InChI=1S/C33H47ClN3O8P/c1-4-43-46(42,44-5-2)32(40)28(19-20-30(38)37(3)27-17-10-7-11-18-27)36-31(39)29(22-24-13-8-6-9-14-24)45-33(41)35-23-25-15-12-16-26(34)21-25/h7,10-12,15-18,21,24,28-29,32,40H,4-6,8-9,13-14,19-20,22-23H2,1-3H3,(H,35,41)(H,36,39)/t28-,29-,32?/m0/s1. The lowest BCUT2D eigenvalue weighted by Crippen LogP contribution is -2.50. The number of amides is 3. The molecule has 0 heterocycles. The van der Waals surface area contributed by atoms with Crippen LogP contribution < -0.4 is 15.5 Å². The second-order valence-electron chi connectivity index (χ2n) is 11.3. The van der Waals surface area contributed by atoms with Crippen molar-refractivity contribution in [3.05, 3.63) is 65.2 Å². The summed E-state index contributed by atoms with van der Waals surface area (Å²) in [4.78, 5) is 41.3. The fourth-order valence-corrected chi connectivity index (χ4v) is 7.49. The van der Waals surface area contributed by atoms with Gasteiger partial charge in [-0.3, -0.25) is 14.2 Å². The number of halogens is 1. The first kappa shape index (κ1) is 37.5. The number of aliphatic hydroxyl groups excluding tert-OH is 1. The van der Waals surface area contributed by atoms with Gasteiger partial charge in [0, 0.05) is 30.7 Å². The van der Waals surface area contributed by atoms with Crippen LogP contribution in [0.3, 0.4) is 0 Å². The molecule has 11 nitrogen and oxygen atoms in total. The molecule has 254 valence electrons. The van der Waals surface area contributed by atoms with Crippen molar-refractivity contribution >= 4 is 42.8 Å². The summed E-state index contributed by atoms with van der Waals surface area (Å²) < 4.78 is 30.0. The van der Waals surface area contributed by atoms with E-state index in [2.05, 4.69) is 10.6 Å². The van der Waals surface area contributed by atoms with E-state index >= 15 is 0 Å². The monoisotopic (exact) mass is 679 g/mol. The predicted molar refractivity (Wildman–Crippen MR) is 178 cm³/mol. The Morgan fingerprint density at radius 3 is 2.33 bits per heavy atom. The van der Waals surface area contributed by atoms with Crippen LogP contribution in [0.25, 0.3) is 0 Å². The quantitative estimate of drug-likeness (QED) is 0.163. The average molecular weight is 680 g/mol. The van der Waals surface area contributed by atoms with Gasteiger partial charge in [0.1, 0.15) is 0 Å². The zero-order valence-corrected chi connectivity index (χ0v) is 28.5. The smallest absolute Gasteiger partial charge is 0.408 e. The summed E-state index contributed by atoms with van der Waals surface area (Å²) in [6.07, 6.45) is 3.06. The number of nitrogens with one attached hydrogen (secondary N) is 2. The normalized spacial score (nSPS) is 15.8. The molecular weight excluding hydrogens is 633 g/mol. The van der Waals surface area contributed by atoms with Crippen LogP contribution in [0.4, 0.5) is 10.5 Å². The summed E-state index contributed by atoms with van der Waals surface area (Å²) in [6.45, 7) is 3.35. The summed E-state index contributed by atoms with van der Waals surface area (Å²) in [6, 6.07) is 14.8. The van der Waals surface area contributed by atoms with Gasteiger partial charge >= 0.3 is 13.7 Å². The van der Waals surface area contributed by atoms with Gasteiger partial charge in [-0.25, -0.2) is 4.79 Å². The number of carbonyl (C=O) groups excluding carboxylic acids is 3. The highest BCUT2D eigenvalue weighted by Gasteiger charge is 2.42. The Hall–Kier alpha value is -2.95. The van der Waals surface area contributed by atoms with E-state index in [-0.39, 0.29) is 50.8 Å². The van der Waals surface area contributed by atoms with Gasteiger partial charge in [0.15, 0.2) is 11.9 Å². The number of anilines is 1. The number of alkyl carbamates (subject to hydrolysis) is 1. The fraction of sp³-hybridized carbons (Fsp3) is 0.545. The number of nitrogens with zero attached hydrogens (tertiary/aromatic N) is 1. The summed E-state index contributed by atoms with van der Waals surface area (Å²) in [5, 5.41) is 17.3. The summed E-state index contributed by atoms with van der Waals surface area (Å²) >= 11 is 6.05. The molecule has 1 aliphatic rings. The Balaban J connectivity index is 1.79. The number of para-hydroxylation sites is 1. The molecule has 0 saturated heterocycles. The lowest BCUT2D eigenvalue weighted by atomic mass is 9.85. The van der Waals surface area contributed by atoms with Gasteiger partial charge in [0.05, 0.1) is 19.3 Å². The van der Waals surface area contributed by atoms with Crippen molar-refractivity contribution in [2.24, 2.45) is 5.92 Å². The highest BCUT2D eigenvalue weighted by atomic mass is 35.5. The van der Waals surface area contributed by atoms with Crippen molar-refractivity contribution in [1.29, 1.82) is 0 Å². The molecule has 0 bridgehead atoms. The van der Waals surface area contributed by atoms with Crippen LogP contribution in [-0.4, -0.2) is 61.3 Å². The van der Waals surface area contributed by atoms with Crippen LogP contribution in [0.5, 0.6) is 0 Å². The number of carbonyl (C=O) groups is 3. The van der Waals surface area contributed by atoms with Crippen LogP contribution in [0, 0.1) is 5.92 Å². The third-order valence-corrected chi connectivity index (χ3v) is 10.4. The first-order valence-corrected chi connectivity index (χ1v) is 17.9. The van der Waals surface area contributed by atoms with Gasteiger partial charge in [-0.2, -0.15) is 0 Å². The molecule has 3 rings (SSSR count). The number of hydrogen-bond acceptors (Lipinski definition) is 8. The molecule has 1 aliphatic carbocycles. The van der Waals surface area contributed by atoms with Crippen LogP contribution in [0.2, 0.25) is 5.02 Å². The summed E-state index contributed by atoms with van der Waals surface area (Å²) in [7, 11) is -2.49. The van der Waals surface area contributed by atoms with Crippen LogP contribution in [0.15, 0.2) is 54.6 Å². The number of aliphatic hydroxyl groups is 1. The molecule has 1 unspecified atom stereocenters. The van der Waals surface area contributed by atoms with Gasteiger partial charge in [-0.05, 0) is 62.4 Å². The molecule has 0 spiro atoms. The molecule has 2 aromatic carbocycles. The second kappa shape index (κ2) is 19.0. The minimum atomic E-state index is -4.12. The predicted octanol–water partition coefficient (Wildman–Crippen LogP) is 6.42. The molecule has 1 saturated carbocycles. The maximum Gasteiger partial charge on any atom is 0.408 e. The number of rotatable bonds is 17. The topological polar surface area (TPSA) is 144 Å². The third kappa shape index (κ3) is 11.7. The van der Waals surface area contributed by atoms with Crippen molar-refractivity contribution in [2.75, 3.05) is 25.2 Å². The zero-order valence-electron chi connectivity index (χ0n) is 26.9. The Morgan fingerprint density at radius 1 is 1.02 bits per heavy atom. The van der Waals surface area contributed by atoms with Crippen molar-refractivity contribution in [1.82, 2.24) is 10.6 Å². The molecule has 0 radical (unpaired) electrons. The molecule has 0 aliphatic heterocycles. The number of ether oxygens (including phenoxy) is 1. The Labute approximate surface area is 276 Å². The zero-order chi connectivity index (χ0) is 33.5. The molecule has 46 heavy (non-hydrogen) atoms. The van der Waals surface area contributed by atoms with Crippen molar-refractivity contribution < 1.29 is 37.8 Å². The van der Waals surface area contributed by atoms with Gasteiger partial charge in [-0.1, -0.05) is 74.0 Å². The van der Waals surface area contributed by atoms with Crippen LogP contribution in [0.1, 0.15) is 70.8 Å². The molecular formula is C33H47ClN3O8P. The van der Waals surface area contributed by atoms with Gasteiger partial charge in [0.25, 0.3) is 5.91 Å². The highest BCUT2D eigenvalue weighted by Crippen LogP contribution is 2.53. The lowest BCUT2D eigenvalue weighted by molar-refractivity contribution is -0.132. The first-order chi connectivity index (χ1) is 22.1. The molecule has 1 fully saturated rings. The SMILES string of the molecule is CCOP(=O)(OCC)C(O)[C@H](CCC(=O)N(C)c1ccccc1)NC(=O)[C@H](CC1CCCCC1)OC(=O)NCc1cccc(Cl)c1. The summed E-state index contributed by atoms with van der Waals surface area (Å²) in [5.74, 6) is -2.57. The molecule has 2 aromatic rings. The summed E-state index contributed by atoms with van der Waals surface area (Å²) in [5.41, 5.74) is 1.43. The third-order valence-electron chi connectivity index (χ3n) is 7.96. The molecule has 3 amide bonds. The highest BCUT2D eigenvalue weighted by molar-refractivity contribution is 7.54. The Morgan fingerprint density at radius 2 is 1.70 bits per heavy atom. The second-order valence-corrected chi connectivity index (χ2v) is 13.9. The van der Waals surface area contributed by atoms with E-state index in [1.54, 1.807) is 57.3 Å². The van der Waals surface area contributed by atoms with Crippen molar-refractivity contribution in [3.8, 4) is 0 Å². The lowest BCUT2D eigenvalue weighted by Gasteiger charge is -2.31. The molecule has 3 atom stereocenters. The van der Waals surface area contributed by atoms with E-state index in [0.29, 0.717) is 10.7 Å². The van der Waals surface area contributed by atoms with E-state index < -0.39 is 37.6 Å². The minimum Gasteiger partial charge on any atom is -0.436 e. The van der Waals surface area contributed by atoms with Gasteiger partial charge < -0.3 is 34.4 Å². The maximum absolute atomic E-state index is 13.8. The van der Waals surface area contributed by atoms with E-state index in [1.165, 1.54) is 4.90 Å². The van der Waals surface area contributed by atoms with Crippen molar-refractivity contribution in [2.45, 2.75) is 89.7 Å². The fourth-order valence-electron chi connectivity index (χ4n) is 5.51. The number of hydrogen-bond donors (Lipinski definition) is 3. The minimum absolute atomic E-state index is 0.00903. The Bertz CT molecular complexity index is 1300. The molecule has 3 N–H and O–H groups in total. The van der Waals surface area contributed by atoms with Crippen LogP contribution >= 0.6 is 19.2 Å². The van der Waals surface area contributed by atoms with Crippen molar-refractivity contribution in [3.63, 3.8) is 0 Å². The first-order valence-electron chi connectivity index (χ1n) is 15.9. The van der Waals surface area contributed by atoms with E-state index in [9.17, 15) is 24.1 Å². The Kier molecular flexibility index (Phi) is 15.5. The van der Waals surface area contributed by atoms with Crippen LogP contribution in [-0.2, 0) is 34.5 Å². The largest absolute Gasteiger partial charge is 0.436 e. The molecule has 0 aromatic heterocycles. The van der Waals surface area contributed by atoms with Gasteiger partial charge in [0.2, 0.25) is 5.91 Å². The maximum atomic E-state index is 13.8. The van der Waals surface area contributed by atoms with Gasteiger partial charge in [-0.15, -0.1) is 0 Å².